The summed E-state index contributed by atoms with van der Waals surface area (Å²) in [5, 5.41) is 17.5. The summed E-state index contributed by atoms with van der Waals surface area (Å²) in [4.78, 5) is 2.19. The lowest BCUT2D eigenvalue weighted by Crippen LogP contribution is -2.48. The third-order valence-electron chi connectivity index (χ3n) is 3.91. The summed E-state index contributed by atoms with van der Waals surface area (Å²) in [6.07, 6.45) is 1.62. The maximum Gasteiger partial charge on any atom is 0.141 e. The van der Waals surface area contributed by atoms with Crippen LogP contribution >= 0.6 is 11.6 Å². The van der Waals surface area contributed by atoms with Crippen molar-refractivity contribution in [2.45, 2.75) is 25.6 Å². The SMILES string of the molecule is C[C@H]1CO[C@H](CO)CN1Cc1cn(-c2ccc(F)c(Cl)c2)nn1. The fraction of sp³-hybridized carbons (Fsp3) is 0.467. The van der Waals surface area contributed by atoms with Gasteiger partial charge in [0.1, 0.15) is 5.82 Å². The van der Waals surface area contributed by atoms with Crippen LogP contribution in [-0.2, 0) is 11.3 Å². The quantitative estimate of drug-likeness (QED) is 0.916. The molecule has 1 aromatic heterocycles. The Balaban J connectivity index is 1.72. The van der Waals surface area contributed by atoms with E-state index in [0.717, 1.165) is 5.69 Å². The Morgan fingerprint density at radius 1 is 1.48 bits per heavy atom. The topological polar surface area (TPSA) is 63.4 Å². The fourth-order valence-corrected chi connectivity index (χ4v) is 2.71. The Kier molecular flexibility index (Phi) is 4.91. The van der Waals surface area contributed by atoms with Gasteiger partial charge in [-0.05, 0) is 25.1 Å². The molecule has 1 aliphatic heterocycles. The smallest absolute Gasteiger partial charge is 0.141 e. The van der Waals surface area contributed by atoms with E-state index in [-0.39, 0.29) is 23.8 Å². The average Bonchev–Trinajstić information content (AvgIpc) is 3.01. The lowest BCUT2D eigenvalue weighted by molar-refractivity contribution is -0.0808. The molecule has 1 N–H and O–H groups in total. The Morgan fingerprint density at radius 3 is 3.04 bits per heavy atom. The highest BCUT2D eigenvalue weighted by Gasteiger charge is 2.26. The van der Waals surface area contributed by atoms with Crippen molar-refractivity contribution >= 4 is 11.6 Å². The Bertz CT molecular complexity index is 681. The van der Waals surface area contributed by atoms with Gasteiger partial charge in [-0.1, -0.05) is 16.8 Å². The molecule has 6 nitrogen and oxygen atoms in total. The third-order valence-corrected chi connectivity index (χ3v) is 4.20. The van der Waals surface area contributed by atoms with E-state index in [1.54, 1.807) is 16.9 Å². The predicted octanol–water partition coefficient (Wildman–Crippen LogP) is 1.64. The van der Waals surface area contributed by atoms with E-state index in [1.165, 1.54) is 12.1 Å². The zero-order valence-electron chi connectivity index (χ0n) is 12.7. The highest BCUT2D eigenvalue weighted by Crippen LogP contribution is 2.19. The van der Waals surface area contributed by atoms with Gasteiger partial charge in [-0.2, -0.15) is 0 Å². The van der Waals surface area contributed by atoms with Crippen molar-refractivity contribution in [1.29, 1.82) is 0 Å². The van der Waals surface area contributed by atoms with E-state index in [0.29, 0.717) is 25.4 Å². The zero-order chi connectivity index (χ0) is 16.4. The molecule has 0 unspecified atom stereocenters. The van der Waals surface area contributed by atoms with Crippen molar-refractivity contribution in [3.05, 3.63) is 40.9 Å². The first kappa shape index (κ1) is 16.3. The van der Waals surface area contributed by atoms with Crippen LogP contribution in [0.1, 0.15) is 12.6 Å². The number of morpholine rings is 1. The molecule has 0 bridgehead atoms. The van der Waals surface area contributed by atoms with Gasteiger partial charge in [0.15, 0.2) is 0 Å². The fourth-order valence-electron chi connectivity index (χ4n) is 2.54. The minimum absolute atomic E-state index is 0.00396. The molecule has 23 heavy (non-hydrogen) atoms. The van der Waals surface area contributed by atoms with E-state index in [2.05, 4.69) is 22.1 Å². The summed E-state index contributed by atoms with van der Waals surface area (Å²) in [6, 6.07) is 4.64. The van der Waals surface area contributed by atoms with Gasteiger partial charge in [-0.25, -0.2) is 9.07 Å². The van der Waals surface area contributed by atoms with Gasteiger partial charge < -0.3 is 9.84 Å². The van der Waals surface area contributed by atoms with Crippen LogP contribution in [0.4, 0.5) is 4.39 Å². The lowest BCUT2D eigenvalue weighted by atomic mass is 10.2. The molecule has 2 heterocycles. The minimum atomic E-state index is -0.465. The van der Waals surface area contributed by atoms with E-state index >= 15 is 0 Å². The van der Waals surface area contributed by atoms with Gasteiger partial charge in [0.2, 0.25) is 0 Å². The van der Waals surface area contributed by atoms with Crippen molar-refractivity contribution in [3.8, 4) is 5.69 Å². The molecule has 0 spiro atoms. The molecule has 3 rings (SSSR count). The second-order valence-corrected chi connectivity index (χ2v) is 6.08. The van der Waals surface area contributed by atoms with Crippen LogP contribution in [-0.4, -0.2) is 56.9 Å². The standard InChI is InChI=1S/C15H18ClFN4O2/c1-10-9-23-13(8-22)7-20(10)5-11-6-21(19-18-11)12-2-3-15(17)14(16)4-12/h2-4,6,10,13,22H,5,7-9H2,1H3/t10-,13-/m0/s1. The number of nitrogens with zero attached hydrogens (tertiary/aromatic N) is 4. The van der Waals surface area contributed by atoms with Crippen LogP contribution in [0, 0.1) is 5.82 Å². The lowest BCUT2D eigenvalue weighted by Gasteiger charge is -2.36. The number of hydrogen-bond acceptors (Lipinski definition) is 5. The van der Waals surface area contributed by atoms with Gasteiger partial charge in [0, 0.05) is 19.1 Å². The van der Waals surface area contributed by atoms with Gasteiger partial charge >= 0.3 is 0 Å². The average molecular weight is 341 g/mol. The van der Waals surface area contributed by atoms with E-state index < -0.39 is 5.82 Å². The number of hydrogen-bond donors (Lipinski definition) is 1. The van der Waals surface area contributed by atoms with Crippen molar-refractivity contribution < 1.29 is 14.2 Å². The largest absolute Gasteiger partial charge is 0.394 e. The molecule has 2 atom stereocenters. The first-order valence-corrected chi connectivity index (χ1v) is 7.77. The number of halogens is 2. The van der Waals surface area contributed by atoms with Gasteiger partial charge in [0.25, 0.3) is 0 Å². The molecule has 0 radical (unpaired) electrons. The number of aromatic nitrogens is 3. The molecule has 1 fully saturated rings. The maximum absolute atomic E-state index is 13.2. The summed E-state index contributed by atoms with van der Waals surface area (Å²) in [6.45, 7) is 3.90. The molecule has 1 aliphatic rings. The van der Waals surface area contributed by atoms with Crippen LogP contribution in [0.3, 0.4) is 0 Å². The second kappa shape index (κ2) is 6.92. The van der Waals surface area contributed by atoms with Crippen molar-refractivity contribution in [2.24, 2.45) is 0 Å². The first-order chi connectivity index (χ1) is 11.1. The second-order valence-electron chi connectivity index (χ2n) is 5.67. The molecule has 8 heteroatoms. The molecule has 2 aromatic rings. The van der Waals surface area contributed by atoms with E-state index in [9.17, 15) is 9.50 Å². The highest BCUT2D eigenvalue weighted by molar-refractivity contribution is 6.30. The molecule has 0 amide bonds. The molecule has 0 aliphatic carbocycles. The minimum Gasteiger partial charge on any atom is -0.394 e. The third kappa shape index (κ3) is 3.69. The zero-order valence-corrected chi connectivity index (χ0v) is 13.4. The Hall–Kier alpha value is -1.54. The summed E-state index contributed by atoms with van der Waals surface area (Å²) in [7, 11) is 0. The number of ether oxygens (including phenoxy) is 1. The van der Waals surface area contributed by atoms with Gasteiger partial charge in [0.05, 0.1) is 41.9 Å². The monoisotopic (exact) mass is 340 g/mol. The van der Waals surface area contributed by atoms with Gasteiger partial charge in [-0.3, -0.25) is 4.90 Å². The maximum atomic E-state index is 13.2. The number of benzene rings is 1. The number of aliphatic hydroxyl groups excluding tert-OH is 1. The number of rotatable bonds is 4. The summed E-state index contributed by atoms with van der Waals surface area (Å²) in [5.41, 5.74) is 1.44. The van der Waals surface area contributed by atoms with Crippen LogP contribution in [0.15, 0.2) is 24.4 Å². The highest BCUT2D eigenvalue weighted by atomic mass is 35.5. The van der Waals surface area contributed by atoms with Crippen LogP contribution in [0.5, 0.6) is 0 Å². The molecule has 1 saturated heterocycles. The predicted molar refractivity (Wildman–Crippen MR) is 83.0 cm³/mol. The molecular formula is C15H18ClFN4O2. The molecular weight excluding hydrogens is 323 g/mol. The molecule has 0 saturated carbocycles. The molecule has 124 valence electrons. The Labute approximate surface area is 138 Å². The van der Waals surface area contributed by atoms with Crippen LogP contribution in [0.2, 0.25) is 5.02 Å². The Morgan fingerprint density at radius 2 is 2.30 bits per heavy atom. The molecule has 1 aromatic carbocycles. The van der Waals surface area contributed by atoms with Crippen LogP contribution < -0.4 is 0 Å². The van der Waals surface area contributed by atoms with Crippen molar-refractivity contribution in [1.82, 2.24) is 19.9 Å². The van der Waals surface area contributed by atoms with Crippen molar-refractivity contribution in [3.63, 3.8) is 0 Å². The summed E-state index contributed by atoms with van der Waals surface area (Å²) in [5.74, 6) is -0.465. The summed E-state index contributed by atoms with van der Waals surface area (Å²) >= 11 is 5.79. The normalized spacial score (nSPS) is 22.4. The van der Waals surface area contributed by atoms with E-state index in [1.807, 2.05) is 0 Å². The first-order valence-electron chi connectivity index (χ1n) is 7.40. The van der Waals surface area contributed by atoms with Crippen molar-refractivity contribution in [2.75, 3.05) is 19.8 Å². The van der Waals surface area contributed by atoms with E-state index in [4.69, 9.17) is 16.3 Å². The van der Waals surface area contributed by atoms with Crippen LogP contribution in [0.25, 0.3) is 5.69 Å². The summed E-state index contributed by atoms with van der Waals surface area (Å²) < 4.78 is 20.3. The number of aliphatic hydroxyl groups is 1. The van der Waals surface area contributed by atoms with Gasteiger partial charge in [-0.15, -0.1) is 5.10 Å².